The van der Waals surface area contributed by atoms with E-state index < -0.39 is 0 Å². The number of carbonyl (C=O) groups is 1. The number of benzene rings is 1. The molecule has 1 amide bonds. The average molecular weight is 219 g/mol. The molecule has 0 heterocycles. The van der Waals surface area contributed by atoms with Crippen molar-refractivity contribution in [2.75, 3.05) is 6.54 Å². The van der Waals surface area contributed by atoms with E-state index in [4.69, 9.17) is 0 Å². The van der Waals surface area contributed by atoms with Crippen LogP contribution in [0.15, 0.2) is 24.3 Å². The lowest BCUT2D eigenvalue weighted by molar-refractivity contribution is -0.163. The minimum absolute atomic E-state index is 0.283. The van der Waals surface area contributed by atoms with Crippen LogP contribution in [0.25, 0.3) is 0 Å². The van der Waals surface area contributed by atoms with Crippen molar-refractivity contribution in [3.63, 3.8) is 0 Å². The predicted octanol–water partition coefficient (Wildman–Crippen LogP) is 2.34. The molecule has 0 spiro atoms. The quantitative estimate of drug-likeness (QED) is 0.626. The predicted molar refractivity (Wildman–Crippen MR) is 61.2 cm³/mol. The second-order valence-corrected chi connectivity index (χ2v) is 4.61. The summed E-state index contributed by atoms with van der Waals surface area (Å²) in [6, 6.07) is 8.48. The van der Waals surface area contributed by atoms with E-state index in [1.807, 2.05) is 0 Å². The molecule has 1 saturated carbocycles. The molecule has 3 heteroatoms. The van der Waals surface area contributed by atoms with Crippen LogP contribution in [-0.2, 0) is 4.79 Å². The maximum Gasteiger partial charge on any atom is 0.242 e. The van der Waals surface area contributed by atoms with Gasteiger partial charge in [0.15, 0.2) is 0 Å². The molecule has 1 aliphatic rings. The van der Waals surface area contributed by atoms with Gasteiger partial charge in [-0.3, -0.25) is 10.0 Å². The zero-order valence-electron chi connectivity index (χ0n) is 9.68. The van der Waals surface area contributed by atoms with Crippen LogP contribution in [0.2, 0.25) is 0 Å². The van der Waals surface area contributed by atoms with Crippen molar-refractivity contribution in [2.45, 2.75) is 26.2 Å². The third-order valence-electron chi connectivity index (χ3n) is 3.20. The SMILES string of the molecule is CC(=O)N(O)CC1CC1c1ccc(C)cc1. The Morgan fingerprint density at radius 1 is 1.44 bits per heavy atom. The zero-order chi connectivity index (χ0) is 11.7. The van der Waals surface area contributed by atoms with Crippen LogP contribution in [-0.4, -0.2) is 22.7 Å². The van der Waals surface area contributed by atoms with Gasteiger partial charge >= 0.3 is 0 Å². The number of hydrogen-bond donors (Lipinski definition) is 1. The molecule has 2 unspecified atom stereocenters. The van der Waals surface area contributed by atoms with Crippen molar-refractivity contribution in [1.82, 2.24) is 5.06 Å². The maximum atomic E-state index is 10.9. The first-order chi connectivity index (χ1) is 7.58. The summed E-state index contributed by atoms with van der Waals surface area (Å²) < 4.78 is 0. The van der Waals surface area contributed by atoms with Gasteiger partial charge in [0.05, 0.1) is 6.54 Å². The number of hydroxylamine groups is 2. The Morgan fingerprint density at radius 2 is 2.06 bits per heavy atom. The summed E-state index contributed by atoms with van der Waals surface area (Å²) in [6.07, 6.45) is 1.06. The molecular weight excluding hydrogens is 202 g/mol. The molecule has 2 rings (SSSR count). The van der Waals surface area contributed by atoms with Gasteiger partial charge in [-0.2, -0.15) is 0 Å². The van der Waals surface area contributed by atoms with Crippen LogP contribution in [0.4, 0.5) is 0 Å². The second-order valence-electron chi connectivity index (χ2n) is 4.61. The third kappa shape index (κ3) is 2.42. The van der Waals surface area contributed by atoms with Gasteiger partial charge in [-0.25, -0.2) is 5.06 Å². The van der Waals surface area contributed by atoms with Crippen molar-refractivity contribution < 1.29 is 10.0 Å². The van der Waals surface area contributed by atoms with Crippen molar-refractivity contribution in [3.8, 4) is 0 Å². The van der Waals surface area contributed by atoms with Gasteiger partial charge in [-0.1, -0.05) is 29.8 Å². The van der Waals surface area contributed by atoms with E-state index in [1.165, 1.54) is 18.1 Å². The van der Waals surface area contributed by atoms with E-state index in [0.29, 0.717) is 18.4 Å². The highest BCUT2D eigenvalue weighted by Crippen LogP contribution is 2.47. The number of aryl methyl sites for hydroxylation is 1. The standard InChI is InChI=1S/C13H17NO2/c1-9-3-5-11(6-4-9)13-7-12(13)8-14(16)10(2)15/h3-6,12-13,16H,7-8H2,1-2H3. The minimum Gasteiger partial charge on any atom is -0.286 e. The van der Waals surface area contributed by atoms with Gasteiger partial charge in [0, 0.05) is 6.92 Å². The van der Waals surface area contributed by atoms with E-state index in [1.54, 1.807) is 0 Å². The van der Waals surface area contributed by atoms with Gasteiger partial charge in [0.2, 0.25) is 5.91 Å². The largest absolute Gasteiger partial charge is 0.286 e. The van der Waals surface area contributed by atoms with Crippen LogP contribution >= 0.6 is 0 Å². The van der Waals surface area contributed by atoms with Crippen molar-refractivity contribution >= 4 is 5.91 Å². The summed E-state index contributed by atoms with van der Waals surface area (Å²) in [5, 5.41) is 10.1. The topological polar surface area (TPSA) is 40.5 Å². The van der Waals surface area contributed by atoms with Crippen LogP contribution in [0.1, 0.15) is 30.4 Å². The van der Waals surface area contributed by atoms with E-state index in [-0.39, 0.29) is 5.91 Å². The fourth-order valence-electron chi connectivity index (χ4n) is 2.02. The molecule has 0 bridgehead atoms. The van der Waals surface area contributed by atoms with E-state index in [2.05, 4.69) is 31.2 Å². The Kier molecular flexibility index (Phi) is 2.97. The van der Waals surface area contributed by atoms with E-state index in [0.717, 1.165) is 11.5 Å². The molecule has 0 radical (unpaired) electrons. The van der Waals surface area contributed by atoms with Crippen LogP contribution in [0, 0.1) is 12.8 Å². The summed E-state index contributed by atoms with van der Waals surface area (Å²) in [6.45, 7) is 3.90. The molecule has 0 aromatic heterocycles. The molecule has 1 aliphatic carbocycles. The fraction of sp³-hybridized carbons (Fsp3) is 0.462. The number of nitrogens with zero attached hydrogens (tertiary/aromatic N) is 1. The highest BCUT2D eigenvalue weighted by molar-refractivity contribution is 5.71. The highest BCUT2D eigenvalue weighted by atomic mass is 16.5. The average Bonchev–Trinajstić information content (AvgIpc) is 2.98. The summed E-state index contributed by atoms with van der Waals surface area (Å²) in [7, 11) is 0. The molecule has 0 aliphatic heterocycles. The highest BCUT2D eigenvalue weighted by Gasteiger charge is 2.39. The first-order valence-electron chi connectivity index (χ1n) is 5.61. The maximum absolute atomic E-state index is 10.9. The lowest BCUT2D eigenvalue weighted by atomic mass is 10.1. The molecule has 1 aromatic carbocycles. The molecule has 0 saturated heterocycles. The van der Waals surface area contributed by atoms with Gasteiger partial charge in [-0.05, 0) is 30.7 Å². The molecule has 86 valence electrons. The molecule has 2 atom stereocenters. The Balaban J connectivity index is 1.91. The van der Waals surface area contributed by atoms with Crippen molar-refractivity contribution in [2.24, 2.45) is 5.92 Å². The molecule has 1 fully saturated rings. The smallest absolute Gasteiger partial charge is 0.242 e. The van der Waals surface area contributed by atoms with Crippen LogP contribution in [0.3, 0.4) is 0 Å². The van der Waals surface area contributed by atoms with Gasteiger partial charge < -0.3 is 0 Å². The third-order valence-corrected chi connectivity index (χ3v) is 3.20. The summed E-state index contributed by atoms with van der Waals surface area (Å²) in [5.74, 6) is 0.640. The van der Waals surface area contributed by atoms with Gasteiger partial charge in [0.25, 0.3) is 0 Å². The van der Waals surface area contributed by atoms with Gasteiger partial charge in [0.1, 0.15) is 0 Å². The summed E-state index contributed by atoms with van der Waals surface area (Å²) in [5.41, 5.74) is 2.57. The Morgan fingerprint density at radius 3 is 2.62 bits per heavy atom. The molecular formula is C13H17NO2. The van der Waals surface area contributed by atoms with Crippen molar-refractivity contribution in [1.29, 1.82) is 0 Å². The first kappa shape index (κ1) is 11.1. The first-order valence-corrected chi connectivity index (χ1v) is 5.61. The Hall–Kier alpha value is -1.35. The second kappa shape index (κ2) is 4.26. The van der Waals surface area contributed by atoms with E-state index in [9.17, 15) is 10.0 Å². The van der Waals surface area contributed by atoms with Crippen LogP contribution < -0.4 is 0 Å². The van der Waals surface area contributed by atoms with E-state index >= 15 is 0 Å². The number of rotatable bonds is 3. The molecule has 1 aromatic rings. The number of amides is 1. The fourth-order valence-corrected chi connectivity index (χ4v) is 2.02. The molecule has 16 heavy (non-hydrogen) atoms. The normalized spacial score (nSPS) is 22.9. The summed E-state index contributed by atoms with van der Waals surface area (Å²) >= 11 is 0. The number of carbonyl (C=O) groups excluding carboxylic acids is 1. The van der Waals surface area contributed by atoms with Crippen LogP contribution in [0.5, 0.6) is 0 Å². The summed E-state index contributed by atoms with van der Waals surface area (Å²) in [4.78, 5) is 10.9. The molecule has 3 nitrogen and oxygen atoms in total. The molecule has 1 N–H and O–H groups in total. The van der Waals surface area contributed by atoms with Crippen molar-refractivity contribution in [3.05, 3.63) is 35.4 Å². The monoisotopic (exact) mass is 219 g/mol. The van der Waals surface area contributed by atoms with Gasteiger partial charge in [-0.15, -0.1) is 0 Å². The number of hydrogen-bond acceptors (Lipinski definition) is 2. The Labute approximate surface area is 95.6 Å². The zero-order valence-corrected chi connectivity index (χ0v) is 9.68. The lowest BCUT2D eigenvalue weighted by Gasteiger charge is -2.11. The lowest BCUT2D eigenvalue weighted by Crippen LogP contribution is -2.27. The Bertz CT molecular complexity index is 385. The minimum atomic E-state index is -0.283.